The Hall–Kier alpha value is 0.250. The SMILES string of the molecule is COC12C[C@@H]3CC(C[C@@H](C3)C1)C2Cl. The number of halogens is 1. The molecule has 74 valence electrons. The molecule has 0 radical (unpaired) electrons. The zero-order valence-corrected chi connectivity index (χ0v) is 8.89. The maximum absolute atomic E-state index is 6.50. The maximum atomic E-state index is 6.50. The Kier molecular flexibility index (Phi) is 1.73. The number of hydrogen-bond acceptors (Lipinski definition) is 1. The first-order valence-electron chi connectivity index (χ1n) is 5.43. The average molecular weight is 201 g/mol. The van der Waals surface area contributed by atoms with E-state index in [2.05, 4.69) is 0 Å². The van der Waals surface area contributed by atoms with Crippen molar-refractivity contribution < 1.29 is 4.74 Å². The van der Waals surface area contributed by atoms with Gasteiger partial charge in [0.1, 0.15) is 0 Å². The predicted molar refractivity (Wildman–Crippen MR) is 52.9 cm³/mol. The molecular formula is C11H17ClO. The van der Waals surface area contributed by atoms with E-state index in [4.69, 9.17) is 16.3 Å². The Bertz CT molecular complexity index is 214. The first-order valence-corrected chi connectivity index (χ1v) is 5.86. The molecule has 0 N–H and O–H groups in total. The lowest BCUT2D eigenvalue weighted by Gasteiger charge is -2.58. The molecule has 0 amide bonds. The lowest BCUT2D eigenvalue weighted by Crippen LogP contribution is -2.59. The molecule has 4 aliphatic rings. The molecule has 1 nitrogen and oxygen atoms in total. The van der Waals surface area contributed by atoms with Crippen molar-refractivity contribution in [3.63, 3.8) is 0 Å². The van der Waals surface area contributed by atoms with Gasteiger partial charge in [-0.3, -0.25) is 0 Å². The highest BCUT2D eigenvalue weighted by Crippen LogP contribution is 2.58. The molecule has 0 spiro atoms. The van der Waals surface area contributed by atoms with Crippen LogP contribution in [0.4, 0.5) is 0 Å². The van der Waals surface area contributed by atoms with Crippen LogP contribution in [0, 0.1) is 17.8 Å². The van der Waals surface area contributed by atoms with Gasteiger partial charge in [0.2, 0.25) is 0 Å². The van der Waals surface area contributed by atoms with Crippen LogP contribution in [0.25, 0.3) is 0 Å². The van der Waals surface area contributed by atoms with E-state index < -0.39 is 0 Å². The van der Waals surface area contributed by atoms with Gasteiger partial charge in [-0.2, -0.15) is 0 Å². The van der Waals surface area contributed by atoms with E-state index in [0.29, 0.717) is 5.38 Å². The van der Waals surface area contributed by atoms with E-state index in [-0.39, 0.29) is 5.60 Å². The van der Waals surface area contributed by atoms with E-state index in [1.54, 1.807) is 0 Å². The molecule has 4 aliphatic carbocycles. The third-order valence-electron chi connectivity index (χ3n) is 4.53. The fourth-order valence-electron chi connectivity index (χ4n) is 4.18. The Balaban J connectivity index is 1.95. The summed E-state index contributed by atoms with van der Waals surface area (Å²) in [6, 6.07) is 0. The molecular weight excluding hydrogens is 184 g/mol. The molecule has 4 rings (SSSR count). The number of ether oxygens (including phenoxy) is 1. The fourth-order valence-corrected chi connectivity index (χ4v) is 4.66. The van der Waals surface area contributed by atoms with Crippen LogP contribution >= 0.6 is 11.6 Å². The molecule has 0 aromatic heterocycles. The summed E-state index contributed by atoms with van der Waals surface area (Å²) < 4.78 is 5.73. The van der Waals surface area contributed by atoms with Crippen molar-refractivity contribution >= 4 is 11.6 Å². The second-order valence-corrected chi connectivity index (χ2v) is 5.75. The minimum Gasteiger partial charge on any atom is -0.377 e. The van der Waals surface area contributed by atoms with Gasteiger partial charge < -0.3 is 4.74 Å². The molecule has 4 saturated carbocycles. The summed E-state index contributed by atoms with van der Waals surface area (Å²) >= 11 is 6.50. The van der Waals surface area contributed by atoms with Crippen LogP contribution in [0.3, 0.4) is 0 Å². The van der Waals surface area contributed by atoms with Crippen molar-refractivity contribution in [2.45, 2.75) is 43.1 Å². The smallest absolute Gasteiger partial charge is 0.0849 e. The van der Waals surface area contributed by atoms with Gasteiger partial charge in [-0.1, -0.05) is 0 Å². The van der Waals surface area contributed by atoms with Crippen molar-refractivity contribution in [3.8, 4) is 0 Å². The summed E-state index contributed by atoms with van der Waals surface area (Å²) in [6.45, 7) is 0. The lowest BCUT2D eigenvalue weighted by molar-refractivity contribution is -0.141. The number of hydrogen-bond donors (Lipinski definition) is 0. The summed E-state index contributed by atoms with van der Waals surface area (Å²) in [4.78, 5) is 0. The first-order chi connectivity index (χ1) is 6.23. The number of alkyl halides is 1. The summed E-state index contributed by atoms with van der Waals surface area (Å²) in [6.07, 6.45) is 6.64. The van der Waals surface area contributed by atoms with Crippen LogP contribution < -0.4 is 0 Å². The summed E-state index contributed by atoms with van der Waals surface area (Å²) in [5.74, 6) is 2.60. The number of rotatable bonds is 1. The first kappa shape index (κ1) is 8.55. The standard InChI is InChI=1S/C11H17ClO/c1-13-11-5-7-2-8(6-11)4-9(3-7)10(11)12/h7-10H,2-6H2,1H3/t7-,8+,9?,10?,11?. The van der Waals surface area contributed by atoms with Gasteiger partial charge in [-0.15, -0.1) is 11.6 Å². The van der Waals surface area contributed by atoms with Gasteiger partial charge in [0.05, 0.1) is 11.0 Å². The molecule has 0 aliphatic heterocycles. The molecule has 0 aromatic carbocycles. The van der Waals surface area contributed by atoms with Crippen LogP contribution in [-0.2, 0) is 4.74 Å². The molecule has 5 atom stereocenters. The molecule has 2 heteroatoms. The normalized spacial score (nSPS) is 58.6. The third-order valence-corrected chi connectivity index (χ3v) is 5.28. The van der Waals surface area contributed by atoms with Crippen molar-refractivity contribution in [2.24, 2.45) is 17.8 Å². The Morgan fingerprint density at radius 2 is 1.77 bits per heavy atom. The van der Waals surface area contributed by atoms with E-state index in [1.807, 2.05) is 7.11 Å². The largest absolute Gasteiger partial charge is 0.377 e. The van der Waals surface area contributed by atoms with Crippen LogP contribution in [0.1, 0.15) is 32.1 Å². The zero-order valence-electron chi connectivity index (χ0n) is 8.13. The summed E-state index contributed by atoms with van der Waals surface area (Å²) in [5.41, 5.74) is 0.0658. The monoisotopic (exact) mass is 200 g/mol. The van der Waals surface area contributed by atoms with Crippen LogP contribution in [0.15, 0.2) is 0 Å². The van der Waals surface area contributed by atoms with Gasteiger partial charge in [0.25, 0.3) is 0 Å². The summed E-state index contributed by atoms with van der Waals surface area (Å²) in [7, 11) is 1.85. The second kappa shape index (κ2) is 2.64. The van der Waals surface area contributed by atoms with E-state index in [0.717, 1.165) is 17.8 Å². The predicted octanol–water partition coefficient (Wildman–Crippen LogP) is 2.82. The Morgan fingerprint density at radius 1 is 1.15 bits per heavy atom. The Labute approximate surface area is 84.8 Å². The minimum absolute atomic E-state index is 0.0658. The van der Waals surface area contributed by atoms with Gasteiger partial charge >= 0.3 is 0 Å². The van der Waals surface area contributed by atoms with Crippen molar-refractivity contribution in [2.75, 3.05) is 7.11 Å². The maximum Gasteiger partial charge on any atom is 0.0849 e. The average Bonchev–Trinajstić information content (AvgIpc) is 2.12. The fraction of sp³-hybridized carbons (Fsp3) is 1.00. The molecule has 3 unspecified atom stereocenters. The highest BCUT2D eigenvalue weighted by molar-refractivity contribution is 6.21. The van der Waals surface area contributed by atoms with Gasteiger partial charge in [0, 0.05) is 7.11 Å². The van der Waals surface area contributed by atoms with E-state index >= 15 is 0 Å². The molecule has 0 heterocycles. The van der Waals surface area contributed by atoms with E-state index in [9.17, 15) is 0 Å². The highest BCUT2D eigenvalue weighted by Gasteiger charge is 2.56. The van der Waals surface area contributed by atoms with Crippen molar-refractivity contribution in [1.29, 1.82) is 0 Å². The zero-order chi connectivity index (χ0) is 9.05. The number of methoxy groups -OCH3 is 1. The van der Waals surface area contributed by atoms with Gasteiger partial charge in [0.15, 0.2) is 0 Å². The van der Waals surface area contributed by atoms with Gasteiger partial charge in [-0.25, -0.2) is 0 Å². The highest BCUT2D eigenvalue weighted by atomic mass is 35.5. The molecule has 13 heavy (non-hydrogen) atoms. The molecule has 0 saturated heterocycles. The second-order valence-electron chi connectivity index (χ2n) is 5.28. The molecule has 4 bridgehead atoms. The third kappa shape index (κ3) is 1.04. The molecule has 0 aromatic rings. The Morgan fingerprint density at radius 3 is 2.31 bits per heavy atom. The van der Waals surface area contributed by atoms with E-state index in [1.165, 1.54) is 32.1 Å². The quantitative estimate of drug-likeness (QED) is 0.592. The molecule has 4 fully saturated rings. The van der Waals surface area contributed by atoms with Crippen LogP contribution in [-0.4, -0.2) is 18.1 Å². The lowest BCUT2D eigenvalue weighted by atomic mass is 9.54. The topological polar surface area (TPSA) is 9.23 Å². The minimum atomic E-state index is 0.0658. The van der Waals surface area contributed by atoms with Crippen molar-refractivity contribution in [3.05, 3.63) is 0 Å². The van der Waals surface area contributed by atoms with Crippen molar-refractivity contribution in [1.82, 2.24) is 0 Å². The summed E-state index contributed by atoms with van der Waals surface area (Å²) in [5, 5.41) is 0.297. The van der Waals surface area contributed by atoms with Crippen LogP contribution in [0.5, 0.6) is 0 Å². The van der Waals surface area contributed by atoms with Crippen LogP contribution in [0.2, 0.25) is 0 Å². The van der Waals surface area contributed by atoms with Gasteiger partial charge in [-0.05, 0) is 49.9 Å².